The zero-order chi connectivity index (χ0) is 8.43. The minimum atomic E-state index is -1.23. The summed E-state index contributed by atoms with van der Waals surface area (Å²) in [6.07, 6.45) is 0.777. The highest BCUT2D eigenvalue weighted by Gasteiger charge is 2.06. The molecule has 0 saturated heterocycles. The van der Waals surface area contributed by atoms with Crippen molar-refractivity contribution in [1.29, 1.82) is 0 Å². The molecule has 0 aliphatic rings. The maximum absolute atomic E-state index is 12.4. The Hall–Kier alpha value is -1.36. The van der Waals surface area contributed by atoms with Gasteiger partial charge in [0.15, 0.2) is 5.82 Å². The average molecular weight is 193 g/mol. The highest BCUT2D eigenvalue weighted by Crippen LogP contribution is 2.08. The van der Waals surface area contributed by atoms with Crippen molar-refractivity contribution in [2.24, 2.45) is 0 Å². The molecule has 0 radical (unpaired) electrons. The van der Waals surface area contributed by atoms with Crippen molar-refractivity contribution in [2.45, 2.75) is 0 Å². The SMILES string of the molecule is Cl.Nc1cc(C(=O)O)ncc1F. The molecule has 0 bridgehead atoms. The molecular formula is C6H6ClFN2O2. The summed E-state index contributed by atoms with van der Waals surface area (Å²) in [4.78, 5) is 13.5. The first-order chi connectivity index (χ1) is 5.11. The molecule has 3 N–H and O–H groups in total. The van der Waals surface area contributed by atoms with Gasteiger partial charge in [0.2, 0.25) is 0 Å². The van der Waals surface area contributed by atoms with Crippen LogP contribution in [0.15, 0.2) is 12.3 Å². The Labute approximate surface area is 73.6 Å². The first kappa shape index (κ1) is 10.6. The molecule has 0 fully saturated rings. The molecule has 0 aromatic carbocycles. The predicted molar refractivity (Wildman–Crippen MR) is 42.8 cm³/mol. The summed E-state index contributed by atoms with van der Waals surface area (Å²) in [6.45, 7) is 0. The van der Waals surface area contributed by atoms with Crippen molar-refractivity contribution >= 4 is 24.1 Å². The van der Waals surface area contributed by atoms with Crippen molar-refractivity contribution in [2.75, 3.05) is 5.73 Å². The number of rotatable bonds is 1. The Morgan fingerprint density at radius 1 is 1.67 bits per heavy atom. The molecule has 1 heterocycles. The van der Waals surface area contributed by atoms with Crippen LogP contribution in [-0.2, 0) is 0 Å². The average Bonchev–Trinajstić information content (AvgIpc) is 1.94. The Kier molecular flexibility index (Phi) is 3.43. The second-order valence-corrected chi connectivity index (χ2v) is 1.90. The number of anilines is 1. The van der Waals surface area contributed by atoms with E-state index in [0.717, 1.165) is 12.3 Å². The molecule has 66 valence electrons. The lowest BCUT2D eigenvalue weighted by atomic mass is 10.3. The highest BCUT2D eigenvalue weighted by atomic mass is 35.5. The van der Waals surface area contributed by atoms with Gasteiger partial charge >= 0.3 is 5.97 Å². The number of hydrogen-bond acceptors (Lipinski definition) is 3. The van der Waals surface area contributed by atoms with E-state index in [0.29, 0.717) is 0 Å². The van der Waals surface area contributed by atoms with Crippen LogP contribution < -0.4 is 5.73 Å². The van der Waals surface area contributed by atoms with Gasteiger partial charge in [-0.25, -0.2) is 14.2 Å². The minimum absolute atomic E-state index is 0. The second kappa shape index (κ2) is 3.87. The maximum Gasteiger partial charge on any atom is 0.354 e. The van der Waals surface area contributed by atoms with E-state index in [-0.39, 0.29) is 23.8 Å². The van der Waals surface area contributed by atoms with E-state index in [1.807, 2.05) is 0 Å². The summed E-state index contributed by atoms with van der Waals surface area (Å²) >= 11 is 0. The largest absolute Gasteiger partial charge is 0.477 e. The first-order valence-electron chi connectivity index (χ1n) is 2.75. The Morgan fingerprint density at radius 2 is 2.25 bits per heavy atom. The first-order valence-corrected chi connectivity index (χ1v) is 2.75. The molecule has 1 aromatic rings. The van der Waals surface area contributed by atoms with Crippen molar-refractivity contribution in [3.05, 3.63) is 23.8 Å². The Morgan fingerprint density at radius 3 is 2.67 bits per heavy atom. The molecule has 0 aliphatic carbocycles. The lowest BCUT2D eigenvalue weighted by Crippen LogP contribution is -2.02. The molecule has 4 nitrogen and oxygen atoms in total. The van der Waals surface area contributed by atoms with Crippen LogP contribution in [0.25, 0.3) is 0 Å². The fraction of sp³-hybridized carbons (Fsp3) is 0. The summed E-state index contributed by atoms with van der Waals surface area (Å²) in [5.41, 5.74) is 4.61. The topological polar surface area (TPSA) is 76.2 Å². The van der Waals surface area contributed by atoms with Crippen LogP contribution in [0.5, 0.6) is 0 Å². The van der Waals surface area contributed by atoms with Gasteiger partial charge in [0.1, 0.15) is 5.69 Å². The lowest BCUT2D eigenvalue weighted by molar-refractivity contribution is 0.0690. The van der Waals surface area contributed by atoms with Crippen molar-refractivity contribution in [1.82, 2.24) is 4.98 Å². The maximum atomic E-state index is 12.4. The number of carboxylic acids is 1. The second-order valence-electron chi connectivity index (χ2n) is 1.90. The van der Waals surface area contributed by atoms with E-state index in [1.54, 1.807) is 0 Å². The number of nitrogens with two attached hydrogens (primary N) is 1. The van der Waals surface area contributed by atoms with Gasteiger partial charge in [0.05, 0.1) is 11.9 Å². The predicted octanol–water partition coefficient (Wildman–Crippen LogP) is 0.923. The van der Waals surface area contributed by atoms with E-state index >= 15 is 0 Å². The molecule has 0 spiro atoms. The van der Waals surface area contributed by atoms with Crippen LogP contribution in [0.4, 0.5) is 10.1 Å². The van der Waals surface area contributed by atoms with Crippen molar-refractivity contribution in [3.8, 4) is 0 Å². The fourth-order valence-electron chi connectivity index (χ4n) is 0.571. The normalized spacial score (nSPS) is 8.75. The summed E-state index contributed by atoms with van der Waals surface area (Å²) in [6, 6.07) is 0.970. The molecular weight excluding hydrogens is 187 g/mol. The molecule has 0 saturated carbocycles. The van der Waals surface area contributed by atoms with E-state index in [9.17, 15) is 9.18 Å². The summed E-state index contributed by atoms with van der Waals surface area (Å²) < 4.78 is 12.4. The zero-order valence-electron chi connectivity index (χ0n) is 5.82. The number of carbonyl (C=O) groups is 1. The molecule has 1 aromatic heterocycles. The number of pyridine rings is 1. The van der Waals surface area contributed by atoms with Crippen LogP contribution in [0.3, 0.4) is 0 Å². The number of aromatic nitrogens is 1. The standard InChI is InChI=1S/C6H5FN2O2.ClH/c7-3-2-9-5(6(10)11)1-4(3)8;/h1-2H,(H2,8,9)(H,10,11);1H. The van der Waals surface area contributed by atoms with Gasteiger partial charge < -0.3 is 10.8 Å². The van der Waals surface area contributed by atoms with Gasteiger partial charge in [-0.3, -0.25) is 0 Å². The summed E-state index contributed by atoms with van der Waals surface area (Å²) in [5, 5.41) is 8.36. The molecule has 1 rings (SSSR count). The molecule has 12 heavy (non-hydrogen) atoms. The van der Waals surface area contributed by atoms with E-state index in [4.69, 9.17) is 10.8 Å². The van der Waals surface area contributed by atoms with Gasteiger partial charge in [-0.05, 0) is 6.07 Å². The van der Waals surface area contributed by atoms with Crippen LogP contribution in [0.2, 0.25) is 0 Å². The molecule has 0 aliphatic heterocycles. The van der Waals surface area contributed by atoms with E-state index < -0.39 is 11.8 Å². The number of carboxylic acid groups (broad SMARTS) is 1. The van der Waals surface area contributed by atoms with Crippen LogP contribution in [0, 0.1) is 5.82 Å². The summed E-state index contributed by atoms with van der Waals surface area (Å²) in [7, 11) is 0. The quantitative estimate of drug-likeness (QED) is 0.694. The molecule has 0 unspecified atom stereocenters. The fourth-order valence-corrected chi connectivity index (χ4v) is 0.571. The lowest BCUT2D eigenvalue weighted by Gasteiger charge is -1.95. The smallest absolute Gasteiger partial charge is 0.354 e. The van der Waals surface area contributed by atoms with E-state index in [1.165, 1.54) is 0 Å². The van der Waals surface area contributed by atoms with E-state index in [2.05, 4.69) is 4.98 Å². The monoisotopic (exact) mass is 192 g/mol. The van der Waals surface area contributed by atoms with Gasteiger partial charge in [-0.1, -0.05) is 0 Å². The van der Waals surface area contributed by atoms with Gasteiger partial charge in [0.25, 0.3) is 0 Å². The van der Waals surface area contributed by atoms with Crippen LogP contribution in [0.1, 0.15) is 10.5 Å². The van der Waals surface area contributed by atoms with Gasteiger partial charge in [-0.2, -0.15) is 0 Å². The Balaban J connectivity index is 0.00000121. The molecule has 0 atom stereocenters. The highest BCUT2D eigenvalue weighted by molar-refractivity contribution is 5.86. The zero-order valence-corrected chi connectivity index (χ0v) is 6.64. The Bertz CT molecular complexity index is 306. The number of hydrogen-bond donors (Lipinski definition) is 2. The molecule has 0 amide bonds. The third kappa shape index (κ3) is 2.06. The van der Waals surface area contributed by atoms with Gasteiger partial charge in [0, 0.05) is 0 Å². The third-order valence-corrected chi connectivity index (χ3v) is 1.10. The van der Waals surface area contributed by atoms with Crippen molar-refractivity contribution < 1.29 is 14.3 Å². The van der Waals surface area contributed by atoms with Crippen LogP contribution >= 0.6 is 12.4 Å². The minimum Gasteiger partial charge on any atom is -0.477 e. The number of nitrogens with zero attached hydrogens (tertiary/aromatic N) is 1. The summed E-state index contributed by atoms with van der Waals surface area (Å²) in [5.74, 6) is -1.94. The number of halogens is 2. The van der Waals surface area contributed by atoms with Crippen molar-refractivity contribution in [3.63, 3.8) is 0 Å². The molecule has 6 heteroatoms. The van der Waals surface area contributed by atoms with Gasteiger partial charge in [-0.15, -0.1) is 12.4 Å². The third-order valence-electron chi connectivity index (χ3n) is 1.10. The van der Waals surface area contributed by atoms with Crippen LogP contribution in [-0.4, -0.2) is 16.1 Å². The number of aromatic carboxylic acids is 1. The number of nitrogen functional groups attached to an aromatic ring is 1.